The molecule has 2 saturated carbocycles. The Bertz CT molecular complexity index is 1620. The van der Waals surface area contributed by atoms with Gasteiger partial charge in [-0.1, -0.05) is 116 Å². The Morgan fingerprint density at radius 1 is 0.591 bits per heavy atom. The van der Waals surface area contributed by atoms with E-state index in [-0.39, 0.29) is 34.5 Å². The van der Waals surface area contributed by atoms with E-state index in [0.717, 1.165) is 44.9 Å². The Balaban J connectivity index is 0.000000142. The maximum absolute atomic E-state index is 13.1. The predicted molar refractivity (Wildman–Crippen MR) is 186 cm³/mol. The minimum Gasteiger partial charge on any atom is -0.310 e. The van der Waals surface area contributed by atoms with Gasteiger partial charge in [0.05, 0.1) is 10.8 Å². The molecule has 2 amide bonds. The zero-order valence-electron chi connectivity index (χ0n) is 23.9. The number of para-hydroxylation sites is 2. The van der Waals surface area contributed by atoms with Crippen LogP contribution >= 0.6 is 55.1 Å². The van der Waals surface area contributed by atoms with Crippen molar-refractivity contribution in [2.24, 2.45) is 0 Å². The summed E-state index contributed by atoms with van der Waals surface area (Å²) >= 11 is 18.9. The van der Waals surface area contributed by atoms with E-state index in [1.807, 2.05) is 82.6 Å². The number of nitrogens with zero attached hydrogens (tertiary/aromatic N) is 2. The van der Waals surface area contributed by atoms with Crippen molar-refractivity contribution in [3.8, 4) is 0 Å². The molecule has 4 aromatic carbocycles. The van der Waals surface area contributed by atoms with Crippen LogP contribution in [0.4, 0.5) is 11.4 Å². The zero-order chi connectivity index (χ0) is 30.6. The topological polar surface area (TPSA) is 40.6 Å². The minimum atomic E-state index is -0.355. The summed E-state index contributed by atoms with van der Waals surface area (Å²) in [5, 5.41) is 3.04. The molecule has 224 valence electrons. The number of carbonyl (C=O) groups is 2. The molecular weight excluding hydrogens is 723 g/mol. The first-order valence-electron chi connectivity index (χ1n) is 14.8. The summed E-state index contributed by atoms with van der Waals surface area (Å²) in [4.78, 5) is 30.0. The lowest BCUT2D eigenvalue weighted by molar-refractivity contribution is -0.121. The van der Waals surface area contributed by atoms with E-state index in [4.69, 9.17) is 23.2 Å². The fourth-order valence-corrected chi connectivity index (χ4v) is 8.47. The van der Waals surface area contributed by atoms with Crippen LogP contribution in [0.25, 0.3) is 0 Å². The Morgan fingerprint density at radius 2 is 0.955 bits per heavy atom. The van der Waals surface area contributed by atoms with Gasteiger partial charge in [0.2, 0.25) is 11.8 Å². The normalized spacial score (nSPS) is 25.6. The maximum atomic E-state index is 13.1. The van der Waals surface area contributed by atoms with Crippen molar-refractivity contribution in [1.82, 2.24) is 0 Å². The largest absolute Gasteiger partial charge is 0.310 e. The molecule has 0 bridgehead atoms. The van der Waals surface area contributed by atoms with E-state index in [0.29, 0.717) is 13.1 Å². The van der Waals surface area contributed by atoms with Crippen LogP contribution < -0.4 is 9.80 Å². The van der Waals surface area contributed by atoms with Crippen molar-refractivity contribution in [3.63, 3.8) is 0 Å². The van der Waals surface area contributed by atoms with Gasteiger partial charge in [-0.2, -0.15) is 0 Å². The predicted octanol–water partition coefficient (Wildman–Crippen LogP) is 9.01. The summed E-state index contributed by atoms with van der Waals surface area (Å²) < 4.78 is 0. The van der Waals surface area contributed by atoms with Gasteiger partial charge in [-0.05, 0) is 71.5 Å². The molecule has 0 unspecified atom stereocenters. The van der Waals surface area contributed by atoms with Crippen LogP contribution in [0.15, 0.2) is 97.1 Å². The standard InChI is InChI=1S/2C18H15BrClNO/c2*19-9-10-21-16-4-2-1-3-14(16)18(17(21)22)11-15(18)12-5-7-13(20)8-6-12/h2*1-8,15H,9-11H2/t2*15-,18-/m10/s1. The van der Waals surface area contributed by atoms with Crippen molar-refractivity contribution in [1.29, 1.82) is 0 Å². The molecule has 2 spiro atoms. The number of amides is 2. The Kier molecular flexibility index (Phi) is 7.93. The van der Waals surface area contributed by atoms with Gasteiger partial charge in [-0.15, -0.1) is 0 Å². The van der Waals surface area contributed by atoms with Gasteiger partial charge in [0.15, 0.2) is 0 Å². The van der Waals surface area contributed by atoms with E-state index >= 15 is 0 Å². The van der Waals surface area contributed by atoms with Gasteiger partial charge >= 0.3 is 0 Å². The van der Waals surface area contributed by atoms with Crippen molar-refractivity contribution in [2.75, 3.05) is 33.5 Å². The molecule has 0 saturated heterocycles. The van der Waals surface area contributed by atoms with Gasteiger partial charge in [-0.3, -0.25) is 9.59 Å². The number of benzene rings is 4. The highest BCUT2D eigenvalue weighted by molar-refractivity contribution is 9.09. The Labute approximate surface area is 284 Å². The molecule has 4 nitrogen and oxygen atoms in total. The fourth-order valence-electron chi connectivity index (χ4n) is 7.51. The fraction of sp³-hybridized carbons (Fsp3) is 0.278. The minimum absolute atomic E-state index is 0.244. The number of rotatable bonds is 6. The number of carbonyl (C=O) groups excluding carboxylic acids is 2. The average Bonchev–Trinajstić information content (AvgIpc) is 3.94. The van der Waals surface area contributed by atoms with Gasteiger partial charge in [0.1, 0.15) is 0 Å². The molecule has 0 aromatic heterocycles. The number of anilines is 2. The second kappa shape index (κ2) is 11.6. The van der Waals surface area contributed by atoms with Crippen molar-refractivity contribution in [3.05, 3.63) is 129 Å². The van der Waals surface area contributed by atoms with E-state index < -0.39 is 0 Å². The van der Waals surface area contributed by atoms with Gasteiger partial charge in [-0.25, -0.2) is 0 Å². The molecule has 8 rings (SSSR count). The first-order chi connectivity index (χ1) is 21.4. The number of fused-ring (bicyclic) bond motifs is 4. The summed E-state index contributed by atoms with van der Waals surface area (Å²) in [5.41, 5.74) is 6.20. The van der Waals surface area contributed by atoms with Gasteiger partial charge < -0.3 is 9.80 Å². The molecular formula is C36H30Br2Cl2N2O2. The molecule has 0 N–H and O–H groups in total. The van der Waals surface area contributed by atoms with Crippen LogP contribution in [0.1, 0.15) is 46.9 Å². The molecule has 4 aliphatic rings. The average molecular weight is 753 g/mol. The van der Waals surface area contributed by atoms with Crippen LogP contribution in [0.2, 0.25) is 10.0 Å². The lowest BCUT2D eigenvalue weighted by atomic mass is 9.92. The third-order valence-electron chi connectivity index (χ3n) is 9.69. The number of alkyl halides is 2. The van der Waals surface area contributed by atoms with Gasteiger partial charge in [0.25, 0.3) is 0 Å². The molecule has 8 heteroatoms. The number of halogens is 4. The second-order valence-electron chi connectivity index (χ2n) is 11.9. The van der Waals surface area contributed by atoms with E-state index in [1.54, 1.807) is 0 Å². The Morgan fingerprint density at radius 3 is 1.32 bits per heavy atom. The lowest BCUT2D eigenvalue weighted by Crippen LogP contribution is -2.34. The molecule has 2 aliphatic heterocycles. The van der Waals surface area contributed by atoms with Crippen LogP contribution in [0.5, 0.6) is 0 Å². The molecule has 4 atom stereocenters. The quantitative estimate of drug-likeness (QED) is 0.185. The van der Waals surface area contributed by atoms with E-state index in [2.05, 4.69) is 56.1 Å². The first kappa shape index (κ1) is 30.0. The Hall–Kier alpha value is -2.64. The van der Waals surface area contributed by atoms with E-state index in [9.17, 15) is 9.59 Å². The maximum Gasteiger partial charge on any atom is 0.238 e. The smallest absolute Gasteiger partial charge is 0.238 e. The second-order valence-corrected chi connectivity index (χ2v) is 14.3. The lowest BCUT2D eigenvalue weighted by Gasteiger charge is -2.16. The van der Waals surface area contributed by atoms with Crippen LogP contribution in [-0.4, -0.2) is 35.6 Å². The highest BCUT2D eigenvalue weighted by Gasteiger charge is 2.67. The van der Waals surface area contributed by atoms with Crippen molar-refractivity contribution >= 4 is 78.3 Å². The van der Waals surface area contributed by atoms with Crippen LogP contribution in [-0.2, 0) is 20.4 Å². The zero-order valence-corrected chi connectivity index (χ0v) is 28.5. The molecule has 0 radical (unpaired) electrons. The SMILES string of the molecule is O=C1N(CCBr)c2ccccc2[C@@]12C[C@@H]2c1ccc(Cl)cc1.O=C1N(CCBr)c2ccccc2[C@]12C[C@H]2c1ccc(Cl)cc1. The summed E-state index contributed by atoms with van der Waals surface area (Å²) in [6, 6.07) is 32.2. The summed E-state index contributed by atoms with van der Waals surface area (Å²) in [6.07, 6.45) is 1.78. The third kappa shape index (κ3) is 4.67. The molecule has 2 heterocycles. The monoisotopic (exact) mass is 750 g/mol. The van der Waals surface area contributed by atoms with Crippen LogP contribution in [0, 0.1) is 0 Å². The van der Waals surface area contributed by atoms with Crippen molar-refractivity contribution < 1.29 is 9.59 Å². The summed E-state index contributed by atoms with van der Waals surface area (Å²) in [6.45, 7) is 1.43. The van der Waals surface area contributed by atoms with Crippen molar-refractivity contribution in [2.45, 2.75) is 35.5 Å². The number of hydrogen-bond acceptors (Lipinski definition) is 2. The van der Waals surface area contributed by atoms with Gasteiger partial charge in [0, 0.05) is 57.0 Å². The third-order valence-corrected chi connectivity index (χ3v) is 10.9. The summed E-state index contributed by atoms with van der Waals surface area (Å²) in [5.74, 6) is 1.01. The molecule has 4 aromatic rings. The highest BCUT2D eigenvalue weighted by atomic mass is 79.9. The molecule has 2 aliphatic carbocycles. The van der Waals surface area contributed by atoms with E-state index in [1.165, 1.54) is 22.3 Å². The number of hydrogen-bond donors (Lipinski definition) is 0. The first-order valence-corrected chi connectivity index (χ1v) is 17.8. The summed E-state index contributed by atoms with van der Waals surface area (Å²) in [7, 11) is 0. The molecule has 2 fully saturated rings. The molecule has 44 heavy (non-hydrogen) atoms. The van der Waals surface area contributed by atoms with Crippen LogP contribution in [0.3, 0.4) is 0 Å². The highest BCUT2D eigenvalue weighted by Crippen LogP contribution is 2.67.